The molecule has 1 rings (SSSR count). The van der Waals surface area contributed by atoms with Crippen molar-refractivity contribution in [3.63, 3.8) is 0 Å². The summed E-state index contributed by atoms with van der Waals surface area (Å²) < 4.78 is 5.34. The summed E-state index contributed by atoms with van der Waals surface area (Å²) in [5.74, 6) is 0.355. The standard InChI is InChI=1S/C14H27N5O3.HI/c1-11(20)16-5-6-17-12(15)18-7-9-19(10-8-18)13(21)22-14(2,3)4;/h5-10H2,1-4H3,(H2,15,17)(H,16,20);1H. The van der Waals surface area contributed by atoms with Gasteiger partial charge in [0.2, 0.25) is 5.91 Å². The third-order valence-electron chi connectivity index (χ3n) is 3.01. The van der Waals surface area contributed by atoms with Crippen molar-refractivity contribution in [3.8, 4) is 0 Å². The van der Waals surface area contributed by atoms with Gasteiger partial charge in [0.05, 0.1) is 6.54 Å². The molecule has 2 amide bonds. The molecule has 1 saturated heterocycles. The van der Waals surface area contributed by atoms with E-state index in [1.807, 2.05) is 25.7 Å². The lowest BCUT2D eigenvalue weighted by Gasteiger charge is -2.36. The number of nitrogens with zero attached hydrogens (tertiary/aromatic N) is 3. The van der Waals surface area contributed by atoms with Gasteiger partial charge in [-0.3, -0.25) is 9.79 Å². The number of hydrogen-bond acceptors (Lipinski definition) is 4. The summed E-state index contributed by atoms with van der Waals surface area (Å²) in [6, 6.07) is 0. The van der Waals surface area contributed by atoms with Gasteiger partial charge < -0.3 is 25.6 Å². The molecule has 3 N–H and O–H groups in total. The highest BCUT2D eigenvalue weighted by Gasteiger charge is 2.26. The lowest BCUT2D eigenvalue weighted by molar-refractivity contribution is -0.118. The summed E-state index contributed by atoms with van der Waals surface area (Å²) in [7, 11) is 0. The zero-order valence-corrected chi connectivity index (χ0v) is 16.6. The van der Waals surface area contributed by atoms with Gasteiger partial charge in [0.15, 0.2) is 5.96 Å². The van der Waals surface area contributed by atoms with Gasteiger partial charge in [0, 0.05) is 39.6 Å². The Morgan fingerprint density at radius 3 is 2.17 bits per heavy atom. The summed E-state index contributed by atoms with van der Waals surface area (Å²) >= 11 is 0. The molecule has 1 aliphatic rings. The van der Waals surface area contributed by atoms with Crippen LogP contribution in [0.2, 0.25) is 0 Å². The molecule has 0 aromatic heterocycles. The molecule has 1 aliphatic heterocycles. The van der Waals surface area contributed by atoms with Crippen LogP contribution in [0.5, 0.6) is 0 Å². The van der Waals surface area contributed by atoms with Crippen molar-refractivity contribution in [1.29, 1.82) is 0 Å². The van der Waals surface area contributed by atoms with E-state index in [0.717, 1.165) is 0 Å². The molecule has 0 saturated carbocycles. The SMILES string of the molecule is CC(=O)NCCN=C(N)N1CCN(C(=O)OC(C)(C)C)CC1.I. The van der Waals surface area contributed by atoms with E-state index in [1.54, 1.807) is 4.90 Å². The van der Waals surface area contributed by atoms with Gasteiger partial charge in [-0.2, -0.15) is 0 Å². The van der Waals surface area contributed by atoms with Crippen LogP contribution < -0.4 is 11.1 Å². The first kappa shape index (κ1) is 21.7. The molecule has 134 valence electrons. The molecule has 23 heavy (non-hydrogen) atoms. The molecular formula is C14H28IN5O3. The molecule has 0 radical (unpaired) electrons. The second kappa shape index (κ2) is 9.78. The van der Waals surface area contributed by atoms with Crippen molar-refractivity contribution in [2.24, 2.45) is 10.7 Å². The lowest BCUT2D eigenvalue weighted by Crippen LogP contribution is -2.53. The maximum Gasteiger partial charge on any atom is 0.410 e. The first-order chi connectivity index (χ1) is 10.2. The number of nitrogens with two attached hydrogens (primary N) is 1. The molecule has 8 nitrogen and oxygen atoms in total. The number of aliphatic imine (C=N–C) groups is 1. The largest absolute Gasteiger partial charge is 0.444 e. The van der Waals surface area contributed by atoms with Crippen molar-refractivity contribution >= 4 is 41.9 Å². The topological polar surface area (TPSA) is 100 Å². The maximum atomic E-state index is 11.9. The molecule has 0 aromatic rings. The fourth-order valence-corrected chi connectivity index (χ4v) is 1.95. The van der Waals surface area contributed by atoms with E-state index < -0.39 is 5.60 Å². The Kier molecular flexibility index (Phi) is 9.25. The molecule has 0 bridgehead atoms. The van der Waals surface area contributed by atoms with Gasteiger partial charge in [-0.25, -0.2) is 4.79 Å². The van der Waals surface area contributed by atoms with Crippen molar-refractivity contribution in [1.82, 2.24) is 15.1 Å². The van der Waals surface area contributed by atoms with E-state index in [1.165, 1.54) is 6.92 Å². The molecule has 9 heteroatoms. The highest BCUT2D eigenvalue weighted by atomic mass is 127. The van der Waals surface area contributed by atoms with Crippen LogP contribution in [-0.4, -0.2) is 72.6 Å². The van der Waals surface area contributed by atoms with Gasteiger partial charge in [0.1, 0.15) is 5.60 Å². The van der Waals surface area contributed by atoms with Crippen LogP contribution in [0.25, 0.3) is 0 Å². The summed E-state index contributed by atoms with van der Waals surface area (Å²) in [6.07, 6.45) is -0.298. The Bertz CT molecular complexity index is 429. The Morgan fingerprint density at radius 1 is 1.17 bits per heavy atom. The zero-order chi connectivity index (χ0) is 16.8. The minimum Gasteiger partial charge on any atom is -0.444 e. The van der Waals surface area contributed by atoms with Gasteiger partial charge in [-0.1, -0.05) is 0 Å². The Morgan fingerprint density at radius 2 is 1.70 bits per heavy atom. The van der Waals surface area contributed by atoms with Crippen LogP contribution in [0.15, 0.2) is 4.99 Å². The molecule has 1 fully saturated rings. The second-order valence-corrected chi connectivity index (χ2v) is 6.18. The van der Waals surface area contributed by atoms with Crippen LogP contribution >= 0.6 is 24.0 Å². The van der Waals surface area contributed by atoms with Crippen molar-refractivity contribution in [3.05, 3.63) is 0 Å². The number of carbonyl (C=O) groups is 2. The molecule has 0 aromatic carbocycles. The van der Waals surface area contributed by atoms with Crippen LogP contribution in [0, 0.1) is 0 Å². The van der Waals surface area contributed by atoms with Crippen molar-refractivity contribution < 1.29 is 14.3 Å². The first-order valence-electron chi connectivity index (χ1n) is 7.46. The van der Waals surface area contributed by atoms with Gasteiger partial charge >= 0.3 is 6.09 Å². The number of carbonyl (C=O) groups excluding carboxylic acids is 2. The quantitative estimate of drug-likeness (QED) is 0.289. The molecule has 0 spiro atoms. The Hall–Kier alpha value is -1.26. The summed E-state index contributed by atoms with van der Waals surface area (Å²) in [5.41, 5.74) is 5.43. The minimum atomic E-state index is -0.488. The third kappa shape index (κ3) is 8.82. The fraction of sp³-hybridized carbons (Fsp3) is 0.786. The predicted molar refractivity (Wildman–Crippen MR) is 100.0 cm³/mol. The average Bonchev–Trinajstić information content (AvgIpc) is 2.41. The highest BCUT2D eigenvalue weighted by Crippen LogP contribution is 2.11. The minimum absolute atomic E-state index is 0. The number of rotatable bonds is 3. The lowest BCUT2D eigenvalue weighted by atomic mass is 10.2. The summed E-state index contributed by atoms with van der Waals surface area (Å²) in [5, 5.41) is 2.66. The monoisotopic (exact) mass is 441 g/mol. The predicted octanol–water partition coefficient (Wildman–Crippen LogP) is 0.608. The molecule has 0 unspecified atom stereocenters. The van der Waals surface area contributed by atoms with Crippen LogP contribution in [-0.2, 0) is 9.53 Å². The van der Waals surface area contributed by atoms with Gasteiger partial charge in [-0.05, 0) is 20.8 Å². The highest BCUT2D eigenvalue weighted by molar-refractivity contribution is 14.0. The van der Waals surface area contributed by atoms with E-state index >= 15 is 0 Å². The second-order valence-electron chi connectivity index (χ2n) is 6.18. The summed E-state index contributed by atoms with van der Waals surface area (Å²) in [6.45, 7) is 10.3. The number of nitrogens with one attached hydrogen (secondary N) is 1. The van der Waals surface area contributed by atoms with Crippen LogP contribution in [0.4, 0.5) is 4.79 Å². The molecule has 1 heterocycles. The number of hydrogen-bond donors (Lipinski definition) is 2. The summed E-state index contributed by atoms with van der Waals surface area (Å²) in [4.78, 5) is 30.5. The van der Waals surface area contributed by atoms with Crippen LogP contribution in [0.1, 0.15) is 27.7 Å². The smallest absolute Gasteiger partial charge is 0.410 e. The first-order valence-corrected chi connectivity index (χ1v) is 7.46. The molecular weight excluding hydrogens is 413 g/mol. The third-order valence-corrected chi connectivity index (χ3v) is 3.01. The van der Waals surface area contributed by atoms with Crippen molar-refractivity contribution in [2.45, 2.75) is 33.3 Å². The number of guanidine groups is 1. The van der Waals surface area contributed by atoms with Gasteiger partial charge in [0.25, 0.3) is 0 Å². The Balaban J connectivity index is 0.00000484. The van der Waals surface area contributed by atoms with Gasteiger partial charge in [-0.15, -0.1) is 24.0 Å². The normalized spacial score (nSPS) is 15.7. The van der Waals surface area contributed by atoms with Crippen LogP contribution in [0.3, 0.4) is 0 Å². The zero-order valence-electron chi connectivity index (χ0n) is 14.3. The molecule has 0 atom stereocenters. The number of halogens is 1. The molecule has 0 aliphatic carbocycles. The maximum absolute atomic E-state index is 11.9. The number of amides is 2. The average molecular weight is 441 g/mol. The Labute approximate surface area is 154 Å². The number of piperazine rings is 1. The van der Waals surface area contributed by atoms with E-state index in [2.05, 4.69) is 10.3 Å². The number of ether oxygens (including phenoxy) is 1. The van der Waals surface area contributed by atoms with E-state index in [9.17, 15) is 9.59 Å². The van der Waals surface area contributed by atoms with E-state index in [0.29, 0.717) is 45.2 Å². The van der Waals surface area contributed by atoms with E-state index in [-0.39, 0.29) is 36.0 Å². The van der Waals surface area contributed by atoms with E-state index in [4.69, 9.17) is 10.5 Å². The fourth-order valence-electron chi connectivity index (χ4n) is 1.95. The van der Waals surface area contributed by atoms with Crippen molar-refractivity contribution in [2.75, 3.05) is 39.3 Å².